The number of aromatic nitrogens is 1. The normalized spacial score (nSPS) is 18.2. The van der Waals surface area contributed by atoms with Gasteiger partial charge in [0.2, 0.25) is 0 Å². The number of aromatic carboxylic acids is 1. The third-order valence-corrected chi connectivity index (χ3v) is 8.78. The number of carbonyl (C=O) groups is 3. The summed E-state index contributed by atoms with van der Waals surface area (Å²) in [7, 11) is 0. The first-order valence-corrected chi connectivity index (χ1v) is 16.1. The summed E-state index contributed by atoms with van der Waals surface area (Å²) in [6.07, 6.45) is 0.0350. The molecule has 1 fully saturated rings. The number of carboxylic acids is 1. The summed E-state index contributed by atoms with van der Waals surface area (Å²) in [6.45, 7) is 3.03. The number of hydrogen-bond acceptors (Lipinski definition) is 9. The van der Waals surface area contributed by atoms with Crippen LogP contribution in [0.2, 0.25) is 0 Å². The van der Waals surface area contributed by atoms with Gasteiger partial charge in [0.05, 0.1) is 24.4 Å². The van der Waals surface area contributed by atoms with Crippen LogP contribution in [0.15, 0.2) is 96.2 Å². The molecule has 3 N–H and O–H groups in total. The van der Waals surface area contributed by atoms with Crippen LogP contribution in [0.5, 0.6) is 0 Å². The number of thioether (sulfide) groups is 1. The van der Waals surface area contributed by atoms with E-state index in [1.54, 1.807) is 12.3 Å². The molecule has 5 rings (SSSR count). The number of pyridine rings is 1. The molecule has 1 aliphatic heterocycles. The molecule has 47 heavy (non-hydrogen) atoms. The van der Waals surface area contributed by atoms with Gasteiger partial charge in [-0.15, -0.1) is 11.8 Å². The van der Waals surface area contributed by atoms with E-state index in [9.17, 15) is 24.6 Å². The molecule has 4 atom stereocenters. The van der Waals surface area contributed by atoms with Crippen molar-refractivity contribution in [2.45, 2.75) is 63.0 Å². The largest absolute Gasteiger partial charge is 0.478 e. The molecule has 3 aromatic carbocycles. The van der Waals surface area contributed by atoms with Crippen LogP contribution in [-0.4, -0.2) is 51.0 Å². The van der Waals surface area contributed by atoms with Gasteiger partial charge in [-0.2, -0.15) is 0 Å². The van der Waals surface area contributed by atoms with Gasteiger partial charge >= 0.3 is 11.9 Å². The lowest BCUT2D eigenvalue weighted by Gasteiger charge is -2.36. The highest BCUT2D eigenvalue weighted by Crippen LogP contribution is 2.40. The Kier molecular flexibility index (Phi) is 11.4. The molecular weight excluding hydrogens is 620 g/mol. The Bertz CT molecular complexity index is 1700. The van der Waals surface area contributed by atoms with Crippen LogP contribution < -0.4 is 5.32 Å². The van der Waals surface area contributed by atoms with Crippen molar-refractivity contribution in [1.29, 1.82) is 0 Å². The summed E-state index contributed by atoms with van der Waals surface area (Å²) in [4.78, 5) is 39.4. The predicted octanol–water partition coefficient (Wildman–Crippen LogP) is 5.84. The first kappa shape index (κ1) is 33.8. The lowest BCUT2D eigenvalue weighted by molar-refractivity contribution is -0.245. The highest BCUT2D eigenvalue weighted by molar-refractivity contribution is 7.99. The van der Waals surface area contributed by atoms with Crippen molar-refractivity contribution < 1.29 is 38.8 Å². The molecule has 1 aromatic heterocycles. The van der Waals surface area contributed by atoms with Gasteiger partial charge in [0.15, 0.2) is 12.4 Å². The summed E-state index contributed by atoms with van der Waals surface area (Å²) >= 11 is 1.34. The van der Waals surface area contributed by atoms with Gasteiger partial charge in [-0.05, 0) is 52.9 Å². The highest BCUT2D eigenvalue weighted by atomic mass is 32.2. The third kappa shape index (κ3) is 9.05. The lowest BCUT2D eigenvalue weighted by Crippen LogP contribution is -2.35. The monoisotopic (exact) mass is 656 g/mol. The number of nitrogens with zero attached hydrogens (tertiary/aromatic N) is 1. The number of rotatable bonds is 12. The van der Waals surface area contributed by atoms with E-state index in [1.165, 1.54) is 31.7 Å². The van der Waals surface area contributed by atoms with Gasteiger partial charge in [-0.3, -0.25) is 9.59 Å². The van der Waals surface area contributed by atoms with Crippen molar-refractivity contribution in [2.75, 3.05) is 5.75 Å². The average Bonchev–Trinajstić information content (AvgIpc) is 3.09. The zero-order chi connectivity index (χ0) is 33.3. The molecule has 0 saturated carbocycles. The van der Waals surface area contributed by atoms with E-state index in [-0.39, 0.29) is 36.8 Å². The van der Waals surface area contributed by atoms with E-state index < -0.39 is 24.3 Å². The van der Waals surface area contributed by atoms with Crippen molar-refractivity contribution in [1.82, 2.24) is 10.3 Å². The fourth-order valence-electron chi connectivity index (χ4n) is 5.19. The smallest absolute Gasteiger partial charge is 0.338 e. The number of ether oxygens (including phenoxy) is 3. The number of carbonyl (C=O) groups excluding carboxylic acids is 2. The Labute approximate surface area is 277 Å². The number of amides is 1. The Morgan fingerprint density at radius 2 is 1.70 bits per heavy atom. The fraction of sp³-hybridized carbons (Fsp3) is 0.278. The van der Waals surface area contributed by atoms with Gasteiger partial charge in [-0.1, -0.05) is 66.7 Å². The molecule has 11 heteroatoms. The maximum Gasteiger partial charge on any atom is 0.338 e. The Morgan fingerprint density at radius 3 is 2.40 bits per heavy atom. The third-order valence-electron chi connectivity index (χ3n) is 7.64. The number of nitrogens with one attached hydrogen (secondary N) is 1. The van der Waals surface area contributed by atoms with E-state index in [0.29, 0.717) is 17.2 Å². The molecule has 244 valence electrons. The summed E-state index contributed by atoms with van der Waals surface area (Å²) < 4.78 is 17.8. The zero-order valence-corrected chi connectivity index (χ0v) is 26.8. The molecular formula is C36H36N2O8S. The number of carboxylic acid groups (broad SMARTS) is 1. The van der Waals surface area contributed by atoms with Gasteiger partial charge < -0.3 is 29.7 Å². The molecule has 4 aromatic rings. The second kappa shape index (κ2) is 15.8. The second-order valence-electron chi connectivity index (χ2n) is 11.1. The predicted molar refractivity (Wildman–Crippen MR) is 175 cm³/mol. The van der Waals surface area contributed by atoms with Crippen LogP contribution in [-0.2, 0) is 37.0 Å². The minimum Gasteiger partial charge on any atom is -0.478 e. The van der Waals surface area contributed by atoms with Crippen LogP contribution >= 0.6 is 11.8 Å². The molecule has 0 aliphatic carbocycles. The first-order chi connectivity index (χ1) is 22.7. The van der Waals surface area contributed by atoms with Gasteiger partial charge in [0, 0.05) is 37.4 Å². The van der Waals surface area contributed by atoms with E-state index in [0.717, 1.165) is 33.4 Å². The van der Waals surface area contributed by atoms with Gasteiger partial charge in [0.25, 0.3) is 5.91 Å². The summed E-state index contributed by atoms with van der Waals surface area (Å²) in [5.41, 5.74) is 5.55. The Hall–Kier alpha value is -4.55. The molecule has 0 spiro atoms. The molecule has 1 amide bonds. The molecule has 4 unspecified atom stereocenters. The first-order valence-electron chi connectivity index (χ1n) is 15.2. The standard InChI is InChI=1S/C36H36N2O8S/c1-22(44-23(2)40)33(41)38-19-25-5-3-6-29(17-25)26-12-14-28(15-13-26)36-45-30(21-47-34-31(35(42)43)7-4-16-37-34)18-32(46-36)27-10-8-24(20-39)9-11-27/h3-17,22,30,32,36,39H,18-21H2,1-2H3,(H,38,41)(H,42,43). The van der Waals surface area contributed by atoms with Crippen LogP contribution in [0.3, 0.4) is 0 Å². The van der Waals surface area contributed by atoms with Crippen molar-refractivity contribution in [3.8, 4) is 11.1 Å². The quantitative estimate of drug-likeness (QED) is 0.126. The minimum atomic E-state index is -1.03. The summed E-state index contributed by atoms with van der Waals surface area (Å²) in [5, 5.41) is 22.3. The lowest BCUT2D eigenvalue weighted by atomic mass is 9.99. The average molecular weight is 657 g/mol. The fourth-order valence-corrected chi connectivity index (χ4v) is 6.20. The zero-order valence-electron chi connectivity index (χ0n) is 26.0. The number of aliphatic hydroxyl groups excluding tert-OH is 1. The van der Waals surface area contributed by atoms with E-state index in [4.69, 9.17) is 14.2 Å². The Morgan fingerprint density at radius 1 is 0.957 bits per heavy atom. The minimum absolute atomic E-state index is 0.0496. The molecule has 2 heterocycles. The van der Waals surface area contributed by atoms with Crippen molar-refractivity contribution in [3.05, 3.63) is 119 Å². The number of esters is 1. The highest BCUT2D eigenvalue weighted by Gasteiger charge is 2.32. The molecule has 1 aliphatic rings. The van der Waals surface area contributed by atoms with Crippen molar-refractivity contribution >= 4 is 29.6 Å². The topological polar surface area (TPSA) is 144 Å². The summed E-state index contributed by atoms with van der Waals surface area (Å²) in [6, 6.07) is 26.5. The second-order valence-corrected chi connectivity index (χ2v) is 12.1. The van der Waals surface area contributed by atoms with E-state index in [2.05, 4.69) is 10.3 Å². The number of benzene rings is 3. The SMILES string of the molecule is CC(=O)OC(C)C(=O)NCc1cccc(-c2ccc(C3OC(CSc4ncccc4C(=O)O)CC(c4ccc(CO)cc4)O3)cc2)c1. The van der Waals surface area contributed by atoms with Crippen LogP contribution in [0.4, 0.5) is 0 Å². The molecule has 1 saturated heterocycles. The molecule has 0 bridgehead atoms. The van der Waals surface area contributed by atoms with Crippen molar-refractivity contribution in [2.24, 2.45) is 0 Å². The van der Waals surface area contributed by atoms with E-state index in [1.807, 2.05) is 72.8 Å². The maximum atomic E-state index is 12.3. The van der Waals surface area contributed by atoms with E-state index >= 15 is 0 Å². The Balaban J connectivity index is 1.30. The van der Waals surface area contributed by atoms with Gasteiger partial charge in [-0.25, -0.2) is 9.78 Å². The molecule has 10 nitrogen and oxygen atoms in total. The maximum absolute atomic E-state index is 12.3. The number of hydrogen-bond donors (Lipinski definition) is 3. The van der Waals surface area contributed by atoms with Crippen LogP contribution in [0.25, 0.3) is 11.1 Å². The van der Waals surface area contributed by atoms with Crippen molar-refractivity contribution in [3.63, 3.8) is 0 Å². The van der Waals surface area contributed by atoms with Crippen LogP contribution in [0, 0.1) is 0 Å². The number of aliphatic hydroxyl groups is 1. The molecule has 0 radical (unpaired) electrons. The van der Waals surface area contributed by atoms with Crippen LogP contribution in [0.1, 0.15) is 65.3 Å². The summed E-state index contributed by atoms with van der Waals surface area (Å²) in [5.74, 6) is -1.44. The van der Waals surface area contributed by atoms with Gasteiger partial charge in [0.1, 0.15) is 5.03 Å².